The molecule has 0 saturated carbocycles. The minimum atomic E-state index is 0.0732. The molecule has 4 rings (SSSR count). The zero-order valence-corrected chi connectivity index (χ0v) is 11.7. The third kappa shape index (κ3) is 1.87. The topological polar surface area (TPSA) is 64.3 Å². The Morgan fingerprint density at radius 1 is 1.37 bits per heavy atom. The molecule has 7 heteroatoms. The third-order valence-electron chi connectivity index (χ3n) is 4.08. The quantitative estimate of drug-likeness (QED) is 0.899. The van der Waals surface area contributed by atoms with Crippen LogP contribution < -0.4 is 5.32 Å². The number of hydrogen-bond donors (Lipinski definition) is 1. The Morgan fingerprint density at radius 3 is 3.05 bits per heavy atom. The largest absolute Gasteiger partial charge is 0.370 e. The van der Waals surface area contributed by atoms with Crippen LogP contribution in [0.2, 0.25) is 0 Å². The van der Waals surface area contributed by atoms with Gasteiger partial charge in [0.25, 0.3) is 0 Å². The Kier molecular flexibility index (Phi) is 2.78. The van der Waals surface area contributed by atoms with Gasteiger partial charge in [0, 0.05) is 19.1 Å². The Bertz CT molecular complexity index is 588. The molecule has 2 aromatic heterocycles. The van der Waals surface area contributed by atoms with E-state index < -0.39 is 0 Å². The van der Waals surface area contributed by atoms with E-state index in [2.05, 4.69) is 22.4 Å². The van der Waals surface area contributed by atoms with Crippen LogP contribution in [0.25, 0.3) is 4.96 Å². The van der Waals surface area contributed by atoms with E-state index in [4.69, 9.17) is 9.84 Å². The Morgan fingerprint density at radius 2 is 2.32 bits per heavy atom. The highest BCUT2D eigenvalue weighted by Gasteiger charge is 2.30. The van der Waals surface area contributed by atoms with Gasteiger partial charge in [-0.15, -0.1) is 10.2 Å². The lowest BCUT2D eigenvalue weighted by Gasteiger charge is -2.09. The molecule has 2 fully saturated rings. The van der Waals surface area contributed by atoms with Crippen LogP contribution in [0.3, 0.4) is 0 Å². The lowest BCUT2D eigenvalue weighted by atomic mass is 9.99. The van der Waals surface area contributed by atoms with Gasteiger partial charge in [0.2, 0.25) is 4.96 Å². The molecule has 1 N–H and O–H groups in total. The highest BCUT2D eigenvalue weighted by Crippen LogP contribution is 2.33. The zero-order chi connectivity index (χ0) is 12.8. The maximum absolute atomic E-state index is 5.69. The minimum absolute atomic E-state index is 0.0732. The predicted molar refractivity (Wildman–Crippen MR) is 71.4 cm³/mol. The van der Waals surface area contributed by atoms with Gasteiger partial charge in [0.15, 0.2) is 5.82 Å². The van der Waals surface area contributed by atoms with Crippen molar-refractivity contribution in [2.24, 2.45) is 5.92 Å². The van der Waals surface area contributed by atoms with E-state index in [9.17, 15) is 0 Å². The molecule has 2 aliphatic heterocycles. The normalized spacial score (nSPS) is 31.5. The van der Waals surface area contributed by atoms with Crippen molar-refractivity contribution in [3.8, 4) is 0 Å². The molecule has 2 saturated heterocycles. The number of rotatable bonds is 2. The van der Waals surface area contributed by atoms with Crippen molar-refractivity contribution < 1.29 is 4.74 Å². The van der Waals surface area contributed by atoms with Crippen molar-refractivity contribution in [2.45, 2.75) is 31.8 Å². The molecule has 0 aliphatic carbocycles. The van der Waals surface area contributed by atoms with E-state index in [0.717, 1.165) is 43.3 Å². The van der Waals surface area contributed by atoms with Crippen LogP contribution in [0.1, 0.15) is 42.6 Å². The molecule has 3 atom stereocenters. The van der Waals surface area contributed by atoms with E-state index in [-0.39, 0.29) is 6.10 Å². The first kappa shape index (κ1) is 11.7. The second kappa shape index (κ2) is 4.50. The SMILES string of the molecule is CC1CNCC1c1nn2c(C3CCCO3)nnc2s1. The van der Waals surface area contributed by atoms with E-state index in [1.54, 1.807) is 11.3 Å². The van der Waals surface area contributed by atoms with E-state index in [1.165, 1.54) is 5.01 Å². The first-order valence-electron chi connectivity index (χ1n) is 6.87. The minimum Gasteiger partial charge on any atom is -0.370 e. The molecular formula is C12H17N5OS. The maximum Gasteiger partial charge on any atom is 0.234 e. The molecule has 4 heterocycles. The number of nitrogens with zero attached hydrogens (tertiary/aromatic N) is 4. The Labute approximate surface area is 115 Å². The lowest BCUT2D eigenvalue weighted by Crippen LogP contribution is -2.09. The smallest absolute Gasteiger partial charge is 0.234 e. The summed E-state index contributed by atoms with van der Waals surface area (Å²) in [4.78, 5) is 0.889. The zero-order valence-electron chi connectivity index (χ0n) is 10.9. The second-order valence-electron chi connectivity index (χ2n) is 5.44. The molecule has 2 aliphatic rings. The highest BCUT2D eigenvalue weighted by atomic mass is 32.1. The fourth-order valence-electron chi connectivity index (χ4n) is 2.92. The van der Waals surface area contributed by atoms with Crippen LogP contribution in [0.15, 0.2) is 0 Å². The highest BCUT2D eigenvalue weighted by molar-refractivity contribution is 7.16. The van der Waals surface area contributed by atoms with Crippen molar-refractivity contribution >= 4 is 16.3 Å². The van der Waals surface area contributed by atoms with Gasteiger partial charge in [-0.25, -0.2) is 0 Å². The molecule has 3 unspecified atom stereocenters. The van der Waals surface area contributed by atoms with Gasteiger partial charge < -0.3 is 10.1 Å². The summed E-state index contributed by atoms with van der Waals surface area (Å²) in [5, 5.41) is 17.8. The van der Waals surface area contributed by atoms with Crippen molar-refractivity contribution in [3.63, 3.8) is 0 Å². The Balaban J connectivity index is 1.71. The molecule has 2 aromatic rings. The molecule has 0 amide bonds. The lowest BCUT2D eigenvalue weighted by molar-refractivity contribution is 0.103. The van der Waals surface area contributed by atoms with E-state index >= 15 is 0 Å². The van der Waals surface area contributed by atoms with Crippen molar-refractivity contribution in [1.82, 2.24) is 25.1 Å². The molecule has 0 spiro atoms. The van der Waals surface area contributed by atoms with Gasteiger partial charge in [0.05, 0.1) is 0 Å². The number of ether oxygens (including phenoxy) is 1. The summed E-state index contributed by atoms with van der Waals surface area (Å²) in [6, 6.07) is 0. The molecule has 6 nitrogen and oxygen atoms in total. The molecule has 0 radical (unpaired) electrons. The first-order valence-corrected chi connectivity index (χ1v) is 7.69. The molecule has 102 valence electrons. The summed E-state index contributed by atoms with van der Waals surface area (Å²) in [6.07, 6.45) is 2.19. The summed E-state index contributed by atoms with van der Waals surface area (Å²) in [6.45, 7) is 5.18. The molecule has 19 heavy (non-hydrogen) atoms. The Hall–Kier alpha value is -1.05. The summed E-state index contributed by atoms with van der Waals surface area (Å²) >= 11 is 1.66. The number of aromatic nitrogens is 4. The first-order chi connectivity index (χ1) is 9.33. The van der Waals surface area contributed by atoms with Crippen LogP contribution in [-0.4, -0.2) is 39.5 Å². The average molecular weight is 279 g/mol. The third-order valence-corrected chi connectivity index (χ3v) is 5.11. The van der Waals surface area contributed by atoms with Crippen LogP contribution >= 0.6 is 11.3 Å². The van der Waals surface area contributed by atoms with Gasteiger partial charge >= 0.3 is 0 Å². The van der Waals surface area contributed by atoms with Crippen LogP contribution in [0, 0.1) is 5.92 Å². The summed E-state index contributed by atoms with van der Waals surface area (Å²) in [7, 11) is 0. The fraction of sp³-hybridized carbons (Fsp3) is 0.750. The second-order valence-corrected chi connectivity index (χ2v) is 6.42. The summed E-state index contributed by atoms with van der Waals surface area (Å²) < 4.78 is 7.58. The monoisotopic (exact) mass is 279 g/mol. The molecular weight excluding hydrogens is 262 g/mol. The van der Waals surface area contributed by atoms with Gasteiger partial charge in [0.1, 0.15) is 11.1 Å². The van der Waals surface area contributed by atoms with Crippen molar-refractivity contribution in [1.29, 1.82) is 0 Å². The van der Waals surface area contributed by atoms with Gasteiger partial charge in [-0.2, -0.15) is 9.61 Å². The fourth-order valence-corrected chi connectivity index (χ4v) is 4.00. The predicted octanol–water partition coefficient (Wildman–Crippen LogP) is 1.36. The maximum atomic E-state index is 5.69. The number of nitrogens with one attached hydrogen (secondary N) is 1. The standard InChI is InChI=1S/C12H17N5OS/c1-7-5-13-6-8(7)11-16-17-10(9-3-2-4-18-9)14-15-12(17)19-11/h7-9,13H,2-6H2,1H3. The molecule has 0 aromatic carbocycles. The average Bonchev–Trinajstić information content (AvgIpc) is 3.10. The summed E-state index contributed by atoms with van der Waals surface area (Å²) in [5.41, 5.74) is 0. The number of hydrogen-bond acceptors (Lipinski definition) is 6. The van der Waals surface area contributed by atoms with E-state index in [1.807, 2.05) is 4.52 Å². The van der Waals surface area contributed by atoms with Gasteiger partial charge in [-0.1, -0.05) is 18.3 Å². The number of fused-ring (bicyclic) bond motifs is 1. The van der Waals surface area contributed by atoms with Crippen LogP contribution in [-0.2, 0) is 4.74 Å². The van der Waals surface area contributed by atoms with Crippen molar-refractivity contribution in [3.05, 3.63) is 10.8 Å². The molecule has 0 bridgehead atoms. The van der Waals surface area contributed by atoms with Crippen molar-refractivity contribution in [2.75, 3.05) is 19.7 Å². The van der Waals surface area contributed by atoms with Gasteiger partial charge in [-0.05, 0) is 25.3 Å². The van der Waals surface area contributed by atoms with Crippen LogP contribution in [0.4, 0.5) is 0 Å². The van der Waals surface area contributed by atoms with E-state index in [0.29, 0.717) is 11.8 Å². The summed E-state index contributed by atoms with van der Waals surface area (Å²) in [5.74, 6) is 2.01. The van der Waals surface area contributed by atoms with Gasteiger partial charge in [-0.3, -0.25) is 0 Å². The van der Waals surface area contributed by atoms with Crippen LogP contribution in [0.5, 0.6) is 0 Å².